The molecule has 2 aromatic carbocycles. The molecule has 1 aliphatic heterocycles. The van der Waals surface area contributed by atoms with Gasteiger partial charge in [0.1, 0.15) is 5.75 Å². The molecule has 2 amide bonds. The summed E-state index contributed by atoms with van der Waals surface area (Å²) in [6.45, 7) is 1.77. The van der Waals surface area contributed by atoms with Crippen molar-refractivity contribution in [2.75, 3.05) is 20.2 Å². The smallest absolute Gasteiger partial charge is 0.255 e. The van der Waals surface area contributed by atoms with Crippen molar-refractivity contribution in [1.29, 1.82) is 0 Å². The Morgan fingerprint density at radius 3 is 2.64 bits per heavy atom. The lowest BCUT2D eigenvalue weighted by atomic mass is 10.1. The summed E-state index contributed by atoms with van der Waals surface area (Å²) in [5.41, 5.74) is 1.63. The second-order valence-electron chi connectivity index (χ2n) is 6.24. The first kappa shape index (κ1) is 17.0. The van der Waals surface area contributed by atoms with Crippen molar-refractivity contribution in [1.82, 2.24) is 10.2 Å². The summed E-state index contributed by atoms with van der Waals surface area (Å²) in [6, 6.07) is 17.1. The highest BCUT2D eigenvalue weighted by molar-refractivity contribution is 5.96. The van der Waals surface area contributed by atoms with Crippen molar-refractivity contribution in [2.45, 2.75) is 13.0 Å². The van der Waals surface area contributed by atoms with E-state index in [0.717, 1.165) is 5.56 Å². The van der Waals surface area contributed by atoms with E-state index in [1.54, 1.807) is 25.3 Å². The molecule has 1 heterocycles. The van der Waals surface area contributed by atoms with Crippen LogP contribution in [0, 0.1) is 5.92 Å². The zero-order chi connectivity index (χ0) is 17.6. The van der Waals surface area contributed by atoms with Crippen LogP contribution in [0.15, 0.2) is 54.6 Å². The average Bonchev–Trinajstić information content (AvgIpc) is 3.00. The third-order valence-electron chi connectivity index (χ3n) is 4.41. The number of hydrogen-bond donors (Lipinski definition) is 1. The third-order valence-corrected chi connectivity index (χ3v) is 4.41. The van der Waals surface area contributed by atoms with Gasteiger partial charge in [0.05, 0.1) is 12.7 Å². The first-order valence-electron chi connectivity index (χ1n) is 8.40. The number of methoxy groups -OCH3 is 1. The minimum atomic E-state index is -0.175. The van der Waals surface area contributed by atoms with Gasteiger partial charge >= 0.3 is 0 Å². The van der Waals surface area contributed by atoms with Gasteiger partial charge in [0.15, 0.2) is 0 Å². The molecule has 1 atom stereocenters. The lowest BCUT2D eigenvalue weighted by Gasteiger charge is -2.17. The Labute approximate surface area is 147 Å². The van der Waals surface area contributed by atoms with Crippen LogP contribution < -0.4 is 10.1 Å². The van der Waals surface area contributed by atoms with Gasteiger partial charge in [0.2, 0.25) is 5.91 Å². The zero-order valence-electron chi connectivity index (χ0n) is 14.3. The van der Waals surface area contributed by atoms with E-state index in [-0.39, 0.29) is 17.7 Å². The molecular formula is C20H22N2O3. The standard InChI is InChI=1S/C20H22N2O3/c1-25-18-10-6-5-9-17(18)20(24)21-12-16-11-19(23)22(14-16)13-15-7-3-2-4-8-15/h2-10,16H,11-14H2,1H3,(H,21,24). The van der Waals surface area contributed by atoms with Gasteiger partial charge in [0, 0.05) is 32.0 Å². The number of nitrogens with one attached hydrogen (secondary N) is 1. The van der Waals surface area contributed by atoms with Crippen molar-refractivity contribution >= 4 is 11.8 Å². The van der Waals surface area contributed by atoms with E-state index in [2.05, 4.69) is 5.32 Å². The molecule has 0 aliphatic carbocycles. The van der Waals surface area contributed by atoms with Crippen LogP contribution in [0.25, 0.3) is 0 Å². The molecule has 0 aromatic heterocycles. The minimum absolute atomic E-state index is 0.134. The van der Waals surface area contributed by atoms with Crippen molar-refractivity contribution in [3.8, 4) is 5.75 Å². The van der Waals surface area contributed by atoms with Crippen LogP contribution in [0.3, 0.4) is 0 Å². The first-order chi connectivity index (χ1) is 12.2. The van der Waals surface area contributed by atoms with E-state index in [0.29, 0.717) is 37.4 Å². The molecule has 0 bridgehead atoms. The lowest BCUT2D eigenvalue weighted by Crippen LogP contribution is -2.31. The fourth-order valence-corrected chi connectivity index (χ4v) is 3.11. The van der Waals surface area contributed by atoms with E-state index < -0.39 is 0 Å². The molecule has 1 fully saturated rings. The Kier molecular flexibility index (Phi) is 5.33. The molecule has 130 valence electrons. The van der Waals surface area contributed by atoms with Crippen molar-refractivity contribution in [3.63, 3.8) is 0 Å². The molecule has 2 aromatic rings. The molecule has 1 saturated heterocycles. The second kappa shape index (κ2) is 7.83. The maximum absolute atomic E-state index is 12.3. The van der Waals surface area contributed by atoms with Crippen molar-refractivity contribution in [3.05, 3.63) is 65.7 Å². The third kappa shape index (κ3) is 4.18. The summed E-state index contributed by atoms with van der Waals surface area (Å²) < 4.78 is 5.22. The fourth-order valence-electron chi connectivity index (χ4n) is 3.11. The number of rotatable bonds is 6. The predicted octanol–water partition coefficient (Wildman–Crippen LogP) is 2.47. The summed E-state index contributed by atoms with van der Waals surface area (Å²) in [6.07, 6.45) is 0.471. The van der Waals surface area contributed by atoms with Gasteiger partial charge in [-0.05, 0) is 17.7 Å². The number of amides is 2. The lowest BCUT2D eigenvalue weighted by molar-refractivity contribution is -0.128. The Morgan fingerprint density at radius 1 is 1.16 bits per heavy atom. The van der Waals surface area contributed by atoms with Crippen molar-refractivity contribution < 1.29 is 14.3 Å². The molecule has 0 spiro atoms. The maximum atomic E-state index is 12.3. The van der Waals surface area contributed by atoms with Crippen LogP contribution in [0.5, 0.6) is 5.75 Å². The highest BCUT2D eigenvalue weighted by Gasteiger charge is 2.29. The summed E-state index contributed by atoms with van der Waals surface area (Å²) in [4.78, 5) is 26.4. The molecule has 25 heavy (non-hydrogen) atoms. The van der Waals surface area contributed by atoms with E-state index in [1.165, 1.54) is 0 Å². The summed E-state index contributed by atoms with van der Waals surface area (Å²) in [5, 5.41) is 2.92. The van der Waals surface area contributed by atoms with Gasteiger partial charge < -0.3 is 15.0 Å². The summed E-state index contributed by atoms with van der Waals surface area (Å²) in [7, 11) is 1.54. The predicted molar refractivity (Wildman–Crippen MR) is 95.3 cm³/mol. The molecular weight excluding hydrogens is 316 g/mol. The Morgan fingerprint density at radius 2 is 1.88 bits per heavy atom. The number of para-hydroxylation sites is 1. The molecule has 1 aliphatic rings. The molecule has 1 unspecified atom stereocenters. The topological polar surface area (TPSA) is 58.6 Å². The van der Waals surface area contributed by atoms with E-state index in [1.807, 2.05) is 41.3 Å². The largest absolute Gasteiger partial charge is 0.496 e. The number of likely N-dealkylation sites (tertiary alicyclic amines) is 1. The number of hydrogen-bond acceptors (Lipinski definition) is 3. The fraction of sp³-hybridized carbons (Fsp3) is 0.300. The van der Waals surface area contributed by atoms with Gasteiger partial charge in [0.25, 0.3) is 5.91 Å². The monoisotopic (exact) mass is 338 g/mol. The maximum Gasteiger partial charge on any atom is 0.255 e. The number of ether oxygens (including phenoxy) is 1. The normalized spacial score (nSPS) is 16.8. The quantitative estimate of drug-likeness (QED) is 0.880. The minimum Gasteiger partial charge on any atom is -0.496 e. The van der Waals surface area contributed by atoms with Crippen molar-refractivity contribution in [2.24, 2.45) is 5.92 Å². The van der Waals surface area contributed by atoms with Gasteiger partial charge in [-0.15, -0.1) is 0 Å². The van der Waals surface area contributed by atoms with E-state index in [9.17, 15) is 9.59 Å². The van der Waals surface area contributed by atoms with Crippen LogP contribution >= 0.6 is 0 Å². The summed E-state index contributed by atoms with van der Waals surface area (Å²) in [5.74, 6) is 0.648. The second-order valence-corrected chi connectivity index (χ2v) is 6.24. The summed E-state index contributed by atoms with van der Waals surface area (Å²) >= 11 is 0. The van der Waals surface area contributed by atoms with E-state index >= 15 is 0 Å². The highest BCUT2D eigenvalue weighted by atomic mass is 16.5. The Hall–Kier alpha value is -2.82. The molecule has 5 nitrogen and oxygen atoms in total. The van der Waals surface area contributed by atoms with Crippen LogP contribution in [0.2, 0.25) is 0 Å². The Balaban J connectivity index is 1.54. The van der Waals surface area contributed by atoms with Crippen LogP contribution in [-0.4, -0.2) is 36.9 Å². The van der Waals surface area contributed by atoms with Gasteiger partial charge in [-0.2, -0.15) is 0 Å². The number of benzene rings is 2. The number of carbonyl (C=O) groups is 2. The van der Waals surface area contributed by atoms with Gasteiger partial charge in [-0.25, -0.2) is 0 Å². The van der Waals surface area contributed by atoms with Gasteiger partial charge in [-0.3, -0.25) is 9.59 Å². The first-order valence-corrected chi connectivity index (χ1v) is 8.40. The zero-order valence-corrected chi connectivity index (χ0v) is 14.3. The average molecular weight is 338 g/mol. The molecule has 0 saturated carbocycles. The van der Waals surface area contributed by atoms with Gasteiger partial charge in [-0.1, -0.05) is 42.5 Å². The molecule has 5 heteroatoms. The molecule has 3 rings (SSSR count). The highest BCUT2D eigenvalue weighted by Crippen LogP contribution is 2.21. The van der Waals surface area contributed by atoms with E-state index in [4.69, 9.17) is 4.74 Å². The SMILES string of the molecule is COc1ccccc1C(=O)NCC1CC(=O)N(Cc2ccccc2)C1. The molecule has 0 radical (unpaired) electrons. The Bertz CT molecular complexity index is 746. The van der Waals surface area contributed by atoms with Crippen LogP contribution in [-0.2, 0) is 11.3 Å². The van der Waals surface area contributed by atoms with Crippen LogP contribution in [0.4, 0.5) is 0 Å². The number of carbonyl (C=O) groups excluding carboxylic acids is 2. The molecule has 1 N–H and O–H groups in total. The number of nitrogens with zero attached hydrogens (tertiary/aromatic N) is 1. The van der Waals surface area contributed by atoms with Crippen LogP contribution in [0.1, 0.15) is 22.3 Å².